The van der Waals surface area contributed by atoms with Gasteiger partial charge in [-0.3, -0.25) is 4.79 Å². The number of benzene rings is 3. The van der Waals surface area contributed by atoms with Crippen LogP contribution < -0.4 is 5.32 Å². The third kappa shape index (κ3) is 9.28. The summed E-state index contributed by atoms with van der Waals surface area (Å²) in [6.45, 7) is 4.46. The Morgan fingerprint density at radius 3 is 1.97 bits per heavy atom. The lowest BCUT2D eigenvalue weighted by molar-refractivity contribution is -0.146. The molecule has 7 nitrogen and oxygen atoms in total. The first-order chi connectivity index (χ1) is 18.8. The van der Waals surface area contributed by atoms with Crippen molar-refractivity contribution in [3.8, 4) is 11.1 Å². The Kier molecular flexibility index (Phi) is 11.1. The largest absolute Gasteiger partial charge is 0.480 e. The number of aliphatic carboxylic acids is 1. The molecule has 2 amide bonds. The Balaban J connectivity index is 1.69. The number of hydrogen-bond acceptors (Lipinski definition) is 4. The maximum Gasteiger partial charge on any atom is 0.326 e. The summed E-state index contributed by atoms with van der Waals surface area (Å²) in [7, 11) is 1.34. The second kappa shape index (κ2) is 14.7. The number of carboxylic acids is 1. The van der Waals surface area contributed by atoms with Gasteiger partial charge in [0.25, 0.3) is 0 Å². The van der Waals surface area contributed by atoms with Crippen molar-refractivity contribution in [2.75, 3.05) is 20.2 Å². The highest BCUT2D eigenvalue weighted by Gasteiger charge is 2.28. The minimum Gasteiger partial charge on any atom is -0.480 e. The summed E-state index contributed by atoms with van der Waals surface area (Å²) in [6, 6.07) is 25.8. The molecule has 0 fully saturated rings. The van der Waals surface area contributed by atoms with Gasteiger partial charge in [-0.1, -0.05) is 98.8 Å². The van der Waals surface area contributed by atoms with Gasteiger partial charge in [-0.2, -0.15) is 0 Å². The second-order valence-electron chi connectivity index (χ2n) is 10.2. The van der Waals surface area contributed by atoms with Gasteiger partial charge in [0.05, 0.1) is 13.0 Å². The molecular weight excluding hydrogens is 492 g/mol. The number of carbonyl (C=O) groups excluding carboxylic acids is 2. The fourth-order valence-corrected chi connectivity index (χ4v) is 4.52. The van der Waals surface area contributed by atoms with Crippen LogP contribution in [0.5, 0.6) is 0 Å². The van der Waals surface area contributed by atoms with Crippen LogP contribution >= 0.6 is 0 Å². The third-order valence-corrected chi connectivity index (χ3v) is 6.57. The standard InChI is InChI=1S/C32H38N2O5/c1-23(2)21-34(22-28(31(37)39-3)19-14-24-10-6-4-7-11-24)32(38)33-29(30(35)36)20-25-15-17-27(18-16-25)26-12-8-5-9-13-26/h4-13,15-18,23,28-29H,14,19-22H2,1-3H3,(H,33,38)(H,35,36)/t28?,29-/m0/s1. The molecule has 0 aliphatic rings. The van der Waals surface area contributed by atoms with Gasteiger partial charge >= 0.3 is 18.0 Å². The fourth-order valence-electron chi connectivity index (χ4n) is 4.52. The van der Waals surface area contributed by atoms with Gasteiger partial charge in [-0.05, 0) is 41.0 Å². The van der Waals surface area contributed by atoms with Crippen LogP contribution in [0.15, 0.2) is 84.9 Å². The number of urea groups is 1. The Bertz CT molecular complexity index is 1200. The number of aryl methyl sites for hydroxylation is 1. The van der Waals surface area contributed by atoms with Crippen molar-refractivity contribution in [3.63, 3.8) is 0 Å². The van der Waals surface area contributed by atoms with Gasteiger partial charge in [0.2, 0.25) is 0 Å². The molecule has 1 unspecified atom stereocenters. The quantitative estimate of drug-likeness (QED) is 0.287. The SMILES string of the molecule is COC(=O)C(CCc1ccccc1)CN(CC(C)C)C(=O)N[C@@H](Cc1ccc(-c2ccccc2)cc1)C(=O)O. The highest BCUT2D eigenvalue weighted by atomic mass is 16.5. The molecule has 0 aliphatic carbocycles. The number of hydrogen-bond donors (Lipinski definition) is 2. The molecule has 0 bridgehead atoms. The van der Waals surface area contributed by atoms with Gasteiger partial charge in [0.1, 0.15) is 6.04 Å². The molecule has 0 aliphatic heterocycles. The molecule has 0 saturated carbocycles. The lowest BCUT2D eigenvalue weighted by Gasteiger charge is -2.29. The Morgan fingerprint density at radius 2 is 1.41 bits per heavy atom. The van der Waals surface area contributed by atoms with Crippen molar-refractivity contribution < 1.29 is 24.2 Å². The van der Waals surface area contributed by atoms with E-state index in [0.29, 0.717) is 19.4 Å². The van der Waals surface area contributed by atoms with E-state index in [9.17, 15) is 19.5 Å². The topological polar surface area (TPSA) is 95.9 Å². The van der Waals surface area contributed by atoms with E-state index in [1.165, 1.54) is 12.0 Å². The first-order valence-electron chi connectivity index (χ1n) is 13.3. The molecule has 39 heavy (non-hydrogen) atoms. The zero-order valence-corrected chi connectivity index (χ0v) is 22.9. The van der Waals surface area contributed by atoms with Gasteiger partial charge in [0, 0.05) is 19.5 Å². The van der Waals surface area contributed by atoms with Crippen LogP contribution in [-0.4, -0.2) is 54.2 Å². The monoisotopic (exact) mass is 530 g/mol. The van der Waals surface area contributed by atoms with Gasteiger partial charge in [-0.25, -0.2) is 9.59 Å². The molecule has 0 radical (unpaired) electrons. The summed E-state index contributed by atoms with van der Waals surface area (Å²) in [5, 5.41) is 12.6. The minimum atomic E-state index is -1.12. The van der Waals surface area contributed by atoms with Gasteiger partial charge < -0.3 is 20.1 Å². The summed E-state index contributed by atoms with van der Waals surface area (Å²) in [5.41, 5.74) is 4.00. The summed E-state index contributed by atoms with van der Waals surface area (Å²) in [6.07, 6.45) is 1.31. The van der Waals surface area contributed by atoms with Crippen molar-refractivity contribution in [2.24, 2.45) is 11.8 Å². The normalized spacial score (nSPS) is 12.4. The lowest BCUT2D eigenvalue weighted by Crippen LogP contribution is -2.51. The van der Waals surface area contributed by atoms with E-state index in [4.69, 9.17) is 4.74 Å². The van der Waals surface area contributed by atoms with Crippen molar-refractivity contribution in [1.29, 1.82) is 0 Å². The van der Waals surface area contributed by atoms with Crippen LogP contribution in [-0.2, 0) is 27.2 Å². The molecule has 3 aromatic carbocycles. The van der Waals surface area contributed by atoms with Crippen molar-refractivity contribution in [3.05, 3.63) is 96.1 Å². The van der Waals surface area contributed by atoms with E-state index in [0.717, 1.165) is 22.3 Å². The molecule has 0 heterocycles. The summed E-state index contributed by atoms with van der Waals surface area (Å²) in [4.78, 5) is 39.6. The molecule has 2 atom stereocenters. The number of amides is 2. The predicted octanol–water partition coefficient (Wildman–Crippen LogP) is 5.44. The third-order valence-electron chi connectivity index (χ3n) is 6.57. The zero-order valence-electron chi connectivity index (χ0n) is 22.9. The lowest BCUT2D eigenvalue weighted by atomic mass is 9.98. The number of rotatable bonds is 13. The Morgan fingerprint density at radius 1 is 0.821 bits per heavy atom. The molecule has 2 N–H and O–H groups in total. The van der Waals surface area contributed by atoms with Crippen LogP contribution in [0.1, 0.15) is 31.4 Å². The highest BCUT2D eigenvalue weighted by Crippen LogP contribution is 2.20. The van der Waals surface area contributed by atoms with E-state index in [2.05, 4.69) is 5.32 Å². The van der Waals surface area contributed by atoms with E-state index < -0.39 is 24.0 Å². The number of esters is 1. The van der Waals surface area contributed by atoms with E-state index in [-0.39, 0.29) is 24.9 Å². The maximum absolute atomic E-state index is 13.3. The van der Waals surface area contributed by atoms with Crippen molar-refractivity contribution >= 4 is 18.0 Å². The molecule has 7 heteroatoms. The van der Waals surface area contributed by atoms with E-state index in [1.54, 1.807) is 0 Å². The number of nitrogens with zero attached hydrogens (tertiary/aromatic N) is 1. The van der Waals surface area contributed by atoms with Crippen molar-refractivity contribution in [1.82, 2.24) is 10.2 Å². The summed E-state index contributed by atoms with van der Waals surface area (Å²) in [5.74, 6) is -1.92. The van der Waals surface area contributed by atoms with E-state index in [1.807, 2.05) is 98.8 Å². The number of nitrogens with one attached hydrogen (secondary N) is 1. The predicted molar refractivity (Wildman–Crippen MR) is 152 cm³/mol. The number of ether oxygens (including phenoxy) is 1. The Hall–Kier alpha value is -4.13. The van der Waals surface area contributed by atoms with Crippen LogP contribution in [0.3, 0.4) is 0 Å². The molecule has 3 aromatic rings. The average molecular weight is 531 g/mol. The van der Waals surface area contributed by atoms with E-state index >= 15 is 0 Å². The minimum absolute atomic E-state index is 0.122. The second-order valence-corrected chi connectivity index (χ2v) is 10.2. The zero-order chi connectivity index (χ0) is 28.2. The maximum atomic E-state index is 13.3. The van der Waals surface area contributed by atoms with Crippen LogP contribution in [0.4, 0.5) is 4.79 Å². The number of carbonyl (C=O) groups is 3. The average Bonchev–Trinajstić information content (AvgIpc) is 2.95. The summed E-state index contributed by atoms with van der Waals surface area (Å²) >= 11 is 0. The molecule has 0 aromatic heterocycles. The van der Waals surface area contributed by atoms with Crippen LogP contribution in [0, 0.1) is 11.8 Å². The fraction of sp³-hybridized carbons (Fsp3) is 0.344. The van der Waals surface area contributed by atoms with Crippen molar-refractivity contribution in [2.45, 2.75) is 39.2 Å². The van der Waals surface area contributed by atoms with Crippen LogP contribution in [0.25, 0.3) is 11.1 Å². The van der Waals surface area contributed by atoms with Gasteiger partial charge in [-0.15, -0.1) is 0 Å². The Labute approximate surface area is 230 Å². The summed E-state index contributed by atoms with van der Waals surface area (Å²) < 4.78 is 5.03. The molecule has 0 spiro atoms. The first kappa shape index (κ1) is 29.4. The number of methoxy groups -OCH3 is 1. The highest BCUT2D eigenvalue weighted by molar-refractivity contribution is 5.83. The molecule has 3 rings (SSSR count). The van der Waals surface area contributed by atoms with Crippen LogP contribution in [0.2, 0.25) is 0 Å². The smallest absolute Gasteiger partial charge is 0.326 e. The number of carboxylic acid groups (broad SMARTS) is 1. The van der Waals surface area contributed by atoms with Gasteiger partial charge in [0.15, 0.2) is 0 Å². The first-order valence-corrected chi connectivity index (χ1v) is 13.3. The molecule has 206 valence electrons. The molecular formula is C32H38N2O5. The molecule has 0 saturated heterocycles.